The monoisotopic (exact) mass is 610 g/mol. The Labute approximate surface area is 228 Å². The van der Waals surface area contributed by atoms with Gasteiger partial charge in [0.15, 0.2) is 11.0 Å². The van der Waals surface area contributed by atoms with Gasteiger partial charge in [-0.3, -0.25) is 9.36 Å². The quantitative estimate of drug-likeness (QED) is 0.209. The standard InChI is InChI=1S/C25H19BrClF3N4O2S/c1-2-36-19-10-8-18(9-11-19)34-23(15-3-6-17(27)7-4-15)32-33-24(34)37-14-22(35)31-21-12-5-16(26)13-20(21)25(28,29)30/h3-13H,2,14H2,1H3,(H,31,35). The number of alkyl halides is 3. The Hall–Kier alpha value is -3.02. The molecule has 0 saturated carbocycles. The first-order valence-corrected chi connectivity index (χ1v) is 13.1. The van der Waals surface area contributed by atoms with Crippen LogP contribution in [-0.2, 0) is 11.0 Å². The number of carbonyl (C=O) groups is 1. The van der Waals surface area contributed by atoms with Gasteiger partial charge in [-0.2, -0.15) is 13.2 Å². The largest absolute Gasteiger partial charge is 0.494 e. The lowest BCUT2D eigenvalue weighted by Gasteiger charge is -2.14. The molecule has 0 saturated heterocycles. The Kier molecular flexibility index (Phi) is 8.46. The number of nitrogens with zero attached hydrogens (tertiary/aromatic N) is 3. The van der Waals surface area contributed by atoms with Gasteiger partial charge in [0.05, 0.1) is 23.6 Å². The predicted octanol–water partition coefficient (Wildman–Crippen LogP) is 7.50. The Morgan fingerprint density at radius 2 is 1.78 bits per heavy atom. The number of hydrogen-bond acceptors (Lipinski definition) is 5. The van der Waals surface area contributed by atoms with Crippen molar-refractivity contribution >= 4 is 50.9 Å². The summed E-state index contributed by atoms with van der Waals surface area (Å²) in [7, 11) is 0. The van der Waals surface area contributed by atoms with Crippen LogP contribution in [-0.4, -0.2) is 33.0 Å². The molecule has 0 atom stereocenters. The number of halogens is 5. The normalized spacial score (nSPS) is 11.4. The fourth-order valence-corrected chi connectivity index (χ4v) is 4.66. The molecule has 0 fully saturated rings. The fourth-order valence-electron chi connectivity index (χ4n) is 3.42. The number of carbonyl (C=O) groups excluding carboxylic acids is 1. The van der Waals surface area contributed by atoms with E-state index in [0.717, 1.165) is 23.4 Å². The molecule has 3 aromatic carbocycles. The number of ether oxygens (including phenoxy) is 1. The van der Waals surface area contributed by atoms with Crippen molar-refractivity contribution in [2.45, 2.75) is 18.3 Å². The van der Waals surface area contributed by atoms with Crippen LogP contribution in [0.5, 0.6) is 5.75 Å². The predicted molar refractivity (Wildman–Crippen MR) is 141 cm³/mol. The number of benzene rings is 3. The lowest BCUT2D eigenvalue weighted by Crippen LogP contribution is -2.18. The molecule has 37 heavy (non-hydrogen) atoms. The van der Waals surface area contributed by atoms with Gasteiger partial charge in [-0.15, -0.1) is 10.2 Å². The molecule has 4 aromatic rings. The third-order valence-electron chi connectivity index (χ3n) is 5.04. The van der Waals surface area contributed by atoms with Crippen LogP contribution in [0.1, 0.15) is 12.5 Å². The second kappa shape index (κ2) is 11.6. The van der Waals surface area contributed by atoms with Gasteiger partial charge >= 0.3 is 6.18 Å². The van der Waals surface area contributed by atoms with Gasteiger partial charge in [0, 0.05) is 20.7 Å². The highest BCUT2D eigenvalue weighted by molar-refractivity contribution is 9.10. The van der Waals surface area contributed by atoms with E-state index >= 15 is 0 Å². The molecule has 0 radical (unpaired) electrons. The summed E-state index contributed by atoms with van der Waals surface area (Å²) in [6.45, 7) is 2.41. The van der Waals surface area contributed by atoms with E-state index < -0.39 is 17.6 Å². The van der Waals surface area contributed by atoms with Gasteiger partial charge in [-0.05, 0) is 73.7 Å². The van der Waals surface area contributed by atoms with Crippen LogP contribution in [0.2, 0.25) is 5.02 Å². The van der Waals surface area contributed by atoms with Crippen LogP contribution < -0.4 is 10.1 Å². The topological polar surface area (TPSA) is 69.0 Å². The molecule has 0 aliphatic rings. The van der Waals surface area contributed by atoms with Gasteiger partial charge in [0.2, 0.25) is 5.91 Å². The van der Waals surface area contributed by atoms with Crippen LogP contribution in [0.25, 0.3) is 17.1 Å². The molecule has 0 unspecified atom stereocenters. The summed E-state index contributed by atoms with van der Waals surface area (Å²) >= 11 is 10.1. The number of rotatable bonds is 8. The zero-order valence-corrected chi connectivity index (χ0v) is 22.4. The highest BCUT2D eigenvalue weighted by atomic mass is 79.9. The van der Waals surface area contributed by atoms with E-state index in [4.69, 9.17) is 16.3 Å². The summed E-state index contributed by atoms with van der Waals surface area (Å²) in [4.78, 5) is 12.6. The SMILES string of the molecule is CCOc1ccc(-n2c(SCC(=O)Nc3ccc(Br)cc3C(F)(F)F)nnc2-c2ccc(Cl)cc2)cc1. The van der Waals surface area contributed by atoms with Crippen molar-refractivity contribution in [3.05, 3.63) is 81.8 Å². The van der Waals surface area contributed by atoms with E-state index in [1.54, 1.807) is 41.0 Å². The van der Waals surface area contributed by atoms with Crippen LogP contribution in [0.4, 0.5) is 18.9 Å². The van der Waals surface area contributed by atoms with Gasteiger partial charge < -0.3 is 10.1 Å². The molecule has 0 aliphatic heterocycles. The minimum atomic E-state index is -4.62. The summed E-state index contributed by atoms with van der Waals surface area (Å²) in [6.07, 6.45) is -4.62. The number of thioether (sulfide) groups is 1. The molecule has 1 aromatic heterocycles. The molecule has 12 heteroatoms. The van der Waals surface area contributed by atoms with E-state index in [1.807, 2.05) is 19.1 Å². The molecule has 0 bridgehead atoms. The van der Waals surface area contributed by atoms with Crippen molar-refractivity contribution in [1.29, 1.82) is 0 Å². The van der Waals surface area contributed by atoms with E-state index in [0.29, 0.717) is 34.0 Å². The Balaban J connectivity index is 1.60. The molecule has 1 heterocycles. The van der Waals surface area contributed by atoms with E-state index in [9.17, 15) is 18.0 Å². The number of anilines is 1. The van der Waals surface area contributed by atoms with Crippen LogP contribution >= 0.6 is 39.3 Å². The molecule has 1 amide bonds. The van der Waals surface area contributed by atoms with Crippen LogP contribution in [0.15, 0.2) is 76.4 Å². The van der Waals surface area contributed by atoms with E-state index in [1.165, 1.54) is 12.1 Å². The Morgan fingerprint density at radius 3 is 2.43 bits per heavy atom. The van der Waals surface area contributed by atoms with Gasteiger partial charge in [0.1, 0.15) is 5.75 Å². The zero-order chi connectivity index (χ0) is 26.6. The lowest BCUT2D eigenvalue weighted by molar-refractivity contribution is -0.137. The summed E-state index contributed by atoms with van der Waals surface area (Å²) in [6, 6.07) is 17.9. The number of nitrogens with one attached hydrogen (secondary N) is 1. The highest BCUT2D eigenvalue weighted by Gasteiger charge is 2.34. The van der Waals surface area contributed by atoms with Crippen molar-refractivity contribution in [1.82, 2.24) is 14.8 Å². The lowest BCUT2D eigenvalue weighted by atomic mass is 10.1. The Morgan fingerprint density at radius 1 is 1.08 bits per heavy atom. The van der Waals surface area contributed by atoms with Crippen molar-refractivity contribution in [3.63, 3.8) is 0 Å². The maximum absolute atomic E-state index is 13.4. The summed E-state index contributed by atoms with van der Waals surface area (Å²) in [5.74, 6) is 0.391. The second-order valence-corrected chi connectivity index (χ2v) is 9.89. The first-order valence-electron chi connectivity index (χ1n) is 10.9. The summed E-state index contributed by atoms with van der Waals surface area (Å²) < 4.78 is 47.8. The molecule has 0 aliphatic carbocycles. The number of aromatic nitrogens is 3. The zero-order valence-electron chi connectivity index (χ0n) is 19.2. The molecule has 4 rings (SSSR count). The first kappa shape index (κ1) is 27.0. The van der Waals surface area contributed by atoms with E-state index in [-0.39, 0.29) is 15.9 Å². The average molecular weight is 612 g/mol. The average Bonchev–Trinajstić information content (AvgIpc) is 3.28. The number of hydrogen-bond donors (Lipinski definition) is 1. The second-order valence-electron chi connectivity index (χ2n) is 7.60. The molecule has 0 spiro atoms. The van der Waals surface area contributed by atoms with Crippen molar-refractivity contribution in [2.24, 2.45) is 0 Å². The fraction of sp³-hybridized carbons (Fsp3) is 0.160. The smallest absolute Gasteiger partial charge is 0.418 e. The van der Waals surface area contributed by atoms with Gasteiger partial charge in [0.25, 0.3) is 0 Å². The first-order chi connectivity index (χ1) is 17.7. The minimum Gasteiger partial charge on any atom is -0.494 e. The molecular formula is C25H19BrClF3N4O2S. The molecular weight excluding hydrogens is 593 g/mol. The third-order valence-corrected chi connectivity index (χ3v) is 6.71. The van der Waals surface area contributed by atoms with Gasteiger partial charge in [-0.1, -0.05) is 39.3 Å². The Bertz CT molecular complexity index is 1400. The maximum Gasteiger partial charge on any atom is 0.418 e. The van der Waals surface area contributed by atoms with Crippen LogP contribution in [0, 0.1) is 0 Å². The van der Waals surface area contributed by atoms with Crippen molar-refractivity contribution in [3.8, 4) is 22.8 Å². The summed E-state index contributed by atoms with van der Waals surface area (Å²) in [5.41, 5.74) is 0.194. The minimum absolute atomic E-state index is 0.191. The summed E-state index contributed by atoms with van der Waals surface area (Å²) in [5, 5.41) is 11.8. The molecule has 6 nitrogen and oxygen atoms in total. The molecule has 192 valence electrons. The van der Waals surface area contributed by atoms with Crippen molar-refractivity contribution in [2.75, 3.05) is 17.7 Å². The highest BCUT2D eigenvalue weighted by Crippen LogP contribution is 2.37. The van der Waals surface area contributed by atoms with E-state index in [2.05, 4.69) is 31.4 Å². The van der Waals surface area contributed by atoms with Gasteiger partial charge in [-0.25, -0.2) is 0 Å². The third kappa shape index (κ3) is 6.65. The van der Waals surface area contributed by atoms with Crippen molar-refractivity contribution < 1.29 is 22.7 Å². The van der Waals surface area contributed by atoms with Crippen LogP contribution in [0.3, 0.4) is 0 Å². The number of amides is 1. The maximum atomic E-state index is 13.4. The molecule has 1 N–H and O–H groups in total.